The average molecular weight is 250 g/mol. The van der Waals surface area contributed by atoms with Crippen LogP contribution in [0.2, 0.25) is 0 Å². The van der Waals surface area contributed by atoms with Crippen LogP contribution in [0, 0.1) is 0 Å². The summed E-state index contributed by atoms with van der Waals surface area (Å²) in [5.41, 5.74) is 0. The van der Waals surface area contributed by atoms with Crippen LogP contribution in [0.1, 0.15) is 49.7 Å². The van der Waals surface area contributed by atoms with Crippen LogP contribution < -0.4 is 0 Å². The summed E-state index contributed by atoms with van der Waals surface area (Å²) in [5.74, 6) is 2.57. The number of hydrogen-bond donors (Lipinski definition) is 0. The summed E-state index contributed by atoms with van der Waals surface area (Å²) in [6.45, 7) is 0. The van der Waals surface area contributed by atoms with E-state index in [0.717, 1.165) is 11.6 Å². The molecule has 0 saturated heterocycles. The molecule has 0 N–H and O–H groups in total. The molecule has 0 bridgehead atoms. The highest BCUT2D eigenvalue weighted by molar-refractivity contribution is 5.75. The lowest BCUT2D eigenvalue weighted by molar-refractivity contribution is -0.128. The maximum atomic E-state index is 11.6. The normalized spacial score (nSPS) is 16.2. The molecule has 0 atom stereocenters. The van der Waals surface area contributed by atoms with Crippen LogP contribution >= 0.6 is 0 Å². The molecule has 1 saturated carbocycles. The maximum Gasteiger partial charge on any atom is 0.222 e. The first-order chi connectivity index (χ1) is 8.58. The smallest absolute Gasteiger partial charge is 0.222 e. The van der Waals surface area contributed by atoms with E-state index in [9.17, 15) is 4.79 Å². The van der Waals surface area contributed by atoms with Crippen molar-refractivity contribution in [1.29, 1.82) is 0 Å². The largest absolute Gasteiger partial charge is 0.349 e. The number of rotatable bonds is 4. The zero-order valence-corrected chi connectivity index (χ0v) is 11.5. The number of aryl methyl sites for hydroxylation is 2. The van der Waals surface area contributed by atoms with Crippen molar-refractivity contribution >= 4 is 5.91 Å². The third-order valence-corrected chi connectivity index (χ3v) is 3.65. The molecule has 1 heterocycles. The second-order valence-electron chi connectivity index (χ2n) is 5.28. The minimum atomic E-state index is 0.139. The lowest BCUT2D eigenvalue weighted by Gasteiger charge is -2.09. The van der Waals surface area contributed by atoms with Crippen molar-refractivity contribution in [2.45, 2.75) is 44.4 Å². The molecule has 5 nitrogen and oxygen atoms in total. The van der Waals surface area contributed by atoms with Gasteiger partial charge in [0.15, 0.2) is 5.82 Å². The van der Waals surface area contributed by atoms with Gasteiger partial charge in [-0.1, -0.05) is 12.8 Å². The third-order valence-electron chi connectivity index (χ3n) is 3.65. The van der Waals surface area contributed by atoms with Crippen molar-refractivity contribution in [2.24, 2.45) is 7.05 Å². The van der Waals surface area contributed by atoms with Crippen molar-refractivity contribution in [2.75, 3.05) is 14.1 Å². The molecule has 0 radical (unpaired) electrons. The summed E-state index contributed by atoms with van der Waals surface area (Å²) in [5, 5.41) is 4.50. The van der Waals surface area contributed by atoms with Gasteiger partial charge in [0.25, 0.3) is 0 Å². The Morgan fingerprint density at radius 2 is 2.06 bits per heavy atom. The molecule has 1 aromatic heterocycles. The molecule has 0 spiro atoms. The first-order valence-electron chi connectivity index (χ1n) is 6.68. The number of aromatic nitrogens is 3. The lowest BCUT2D eigenvalue weighted by Crippen LogP contribution is -2.22. The molecule has 18 heavy (non-hydrogen) atoms. The molecule has 1 fully saturated rings. The van der Waals surface area contributed by atoms with Crippen molar-refractivity contribution in [3.63, 3.8) is 0 Å². The van der Waals surface area contributed by atoms with E-state index in [2.05, 4.69) is 10.1 Å². The fourth-order valence-electron chi connectivity index (χ4n) is 2.46. The van der Waals surface area contributed by atoms with E-state index in [4.69, 9.17) is 0 Å². The van der Waals surface area contributed by atoms with Gasteiger partial charge in [-0.3, -0.25) is 9.48 Å². The zero-order valence-electron chi connectivity index (χ0n) is 11.5. The van der Waals surface area contributed by atoms with Crippen molar-refractivity contribution in [3.8, 4) is 0 Å². The van der Waals surface area contributed by atoms with Crippen LogP contribution in [0.5, 0.6) is 0 Å². The van der Waals surface area contributed by atoms with Crippen LogP contribution in [-0.2, 0) is 18.3 Å². The van der Waals surface area contributed by atoms with Crippen LogP contribution in [-0.4, -0.2) is 39.7 Å². The Labute approximate surface area is 108 Å². The highest BCUT2D eigenvalue weighted by Gasteiger charge is 2.22. The van der Waals surface area contributed by atoms with Gasteiger partial charge in [0.05, 0.1) is 0 Å². The molecule has 1 aliphatic rings. The monoisotopic (exact) mass is 250 g/mol. The molecule has 5 heteroatoms. The molecule has 0 aliphatic heterocycles. The van der Waals surface area contributed by atoms with E-state index in [1.165, 1.54) is 25.7 Å². The summed E-state index contributed by atoms with van der Waals surface area (Å²) in [7, 11) is 5.48. The van der Waals surface area contributed by atoms with Crippen LogP contribution in [0.3, 0.4) is 0 Å². The molecule has 0 aromatic carbocycles. The lowest BCUT2D eigenvalue weighted by atomic mass is 10.1. The molecule has 1 aromatic rings. The fraction of sp³-hybridized carbons (Fsp3) is 0.769. The molecule has 2 rings (SSSR count). The first kappa shape index (κ1) is 13.1. The molecule has 1 amide bonds. The van der Waals surface area contributed by atoms with Crippen molar-refractivity contribution < 1.29 is 4.79 Å². The molecule has 100 valence electrons. The first-order valence-corrected chi connectivity index (χ1v) is 6.68. The maximum absolute atomic E-state index is 11.6. The Hall–Kier alpha value is -1.39. The quantitative estimate of drug-likeness (QED) is 0.813. The minimum Gasteiger partial charge on any atom is -0.349 e. The van der Waals surface area contributed by atoms with Gasteiger partial charge in [-0.2, -0.15) is 5.10 Å². The Bertz CT molecular complexity index is 419. The summed E-state index contributed by atoms with van der Waals surface area (Å²) in [6.07, 6.45) is 6.17. The SMILES string of the molecule is CN(C)C(=O)CCc1nc(C2CCCC2)nn1C. The van der Waals surface area contributed by atoms with E-state index in [-0.39, 0.29) is 5.91 Å². The fourth-order valence-corrected chi connectivity index (χ4v) is 2.46. The van der Waals surface area contributed by atoms with E-state index < -0.39 is 0 Å². The average Bonchev–Trinajstić information content (AvgIpc) is 2.94. The minimum absolute atomic E-state index is 0.139. The number of carbonyl (C=O) groups excluding carboxylic acids is 1. The van der Waals surface area contributed by atoms with Gasteiger partial charge in [0.2, 0.25) is 5.91 Å². The van der Waals surface area contributed by atoms with Gasteiger partial charge < -0.3 is 4.90 Å². The van der Waals surface area contributed by atoms with Gasteiger partial charge >= 0.3 is 0 Å². The highest BCUT2D eigenvalue weighted by Crippen LogP contribution is 2.32. The summed E-state index contributed by atoms with van der Waals surface area (Å²) in [6, 6.07) is 0. The second kappa shape index (κ2) is 5.50. The summed E-state index contributed by atoms with van der Waals surface area (Å²) < 4.78 is 1.83. The van der Waals surface area contributed by atoms with E-state index in [0.29, 0.717) is 18.8 Å². The van der Waals surface area contributed by atoms with Gasteiger partial charge in [-0.05, 0) is 12.8 Å². The van der Waals surface area contributed by atoms with E-state index in [1.807, 2.05) is 11.7 Å². The Morgan fingerprint density at radius 3 is 2.67 bits per heavy atom. The predicted octanol–water partition coefficient (Wildman–Crippen LogP) is 1.49. The van der Waals surface area contributed by atoms with Crippen LogP contribution in [0.25, 0.3) is 0 Å². The zero-order chi connectivity index (χ0) is 13.1. The molecule has 1 aliphatic carbocycles. The number of nitrogens with zero attached hydrogens (tertiary/aromatic N) is 4. The van der Waals surface area contributed by atoms with Gasteiger partial charge in [-0.25, -0.2) is 4.98 Å². The number of hydrogen-bond acceptors (Lipinski definition) is 3. The van der Waals surface area contributed by atoms with Gasteiger partial charge in [0, 0.05) is 39.9 Å². The van der Waals surface area contributed by atoms with Crippen LogP contribution in [0.15, 0.2) is 0 Å². The summed E-state index contributed by atoms with van der Waals surface area (Å²) >= 11 is 0. The van der Waals surface area contributed by atoms with E-state index in [1.54, 1.807) is 19.0 Å². The summed E-state index contributed by atoms with van der Waals surface area (Å²) in [4.78, 5) is 17.8. The van der Waals surface area contributed by atoms with Gasteiger partial charge in [-0.15, -0.1) is 0 Å². The third kappa shape index (κ3) is 2.89. The van der Waals surface area contributed by atoms with E-state index >= 15 is 0 Å². The highest BCUT2D eigenvalue weighted by atomic mass is 16.2. The van der Waals surface area contributed by atoms with Gasteiger partial charge in [0.1, 0.15) is 5.82 Å². The number of carbonyl (C=O) groups is 1. The topological polar surface area (TPSA) is 51.0 Å². The molecular formula is C13H22N4O. The Balaban J connectivity index is 1.98. The number of amides is 1. The predicted molar refractivity (Wildman–Crippen MR) is 69.2 cm³/mol. The Kier molecular flexibility index (Phi) is 3.99. The van der Waals surface area contributed by atoms with Crippen molar-refractivity contribution in [3.05, 3.63) is 11.6 Å². The molecule has 0 unspecified atom stereocenters. The van der Waals surface area contributed by atoms with Crippen molar-refractivity contribution in [1.82, 2.24) is 19.7 Å². The standard InChI is InChI=1S/C13H22N4O/c1-16(2)12(18)9-8-11-14-13(15-17(11)3)10-6-4-5-7-10/h10H,4-9H2,1-3H3. The Morgan fingerprint density at radius 1 is 1.39 bits per heavy atom. The molecular weight excluding hydrogens is 228 g/mol. The second-order valence-corrected chi connectivity index (χ2v) is 5.28. The van der Waals surface area contributed by atoms with Crippen LogP contribution in [0.4, 0.5) is 0 Å².